The van der Waals surface area contributed by atoms with E-state index in [1.165, 1.54) is 0 Å². The van der Waals surface area contributed by atoms with Crippen LogP contribution in [0.1, 0.15) is 0 Å². The molecule has 0 N–H and O–H groups in total. The number of carbonyl (C=O) groups is 1. The van der Waals surface area contributed by atoms with Crippen molar-refractivity contribution in [3.63, 3.8) is 0 Å². The fourth-order valence-corrected chi connectivity index (χ4v) is 0.837. The summed E-state index contributed by atoms with van der Waals surface area (Å²) in [5.74, 6) is 0.103. The summed E-state index contributed by atoms with van der Waals surface area (Å²) in [6.45, 7) is 0.411. The highest BCUT2D eigenvalue weighted by atomic mass is 35.5. The van der Waals surface area contributed by atoms with E-state index in [1.807, 2.05) is 35.2 Å². The quantitative estimate of drug-likeness (QED) is 0.469. The van der Waals surface area contributed by atoms with Crippen LogP contribution in [0.2, 0.25) is 0 Å². The molecule has 1 rings (SSSR count). The predicted octanol–water partition coefficient (Wildman–Crippen LogP) is -2.93. The lowest BCUT2D eigenvalue weighted by Crippen LogP contribution is -3.00. The van der Waals surface area contributed by atoms with Gasteiger partial charge in [0.1, 0.15) is 0 Å². The number of nitrogens with zero attached hydrogens (tertiary/aromatic N) is 2. The van der Waals surface area contributed by atoms with Crippen molar-refractivity contribution in [3.8, 4) is 0 Å². The Morgan fingerprint density at radius 2 is 1.77 bits per heavy atom. The Hall–Kier alpha value is -1.09. The molecule has 0 bridgehead atoms. The minimum absolute atomic E-state index is 0. The zero-order chi connectivity index (χ0) is 8.97. The second kappa shape index (κ2) is 5.54. The first-order valence-electron chi connectivity index (χ1n) is 3.84. The number of aromatic nitrogens is 1. The summed E-state index contributed by atoms with van der Waals surface area (Å²) >= 11 is 0. The van der Waals surface area contributed by atoms with Crippen LogP contribution in [0.15, 0.2) is 30.6 Å². The van der Waals surface area contributed by atoms with Gasteiger partial charge in [-0.1, -0.05) is 6.07 Å². The lowest BCUT2D eigenvalue weighted by molar-refractivity contribution is -0.685. The van der Waals surface area contributed by atoms with Crippen LogP contribution in [0, 0.1) is 0 Å². The molecule has 72 valence electrons. The zero-order valence-electron chi connectivity index (χ0n) is 7.77. The molecule has 0 fully saturated rings. The van der Waals surface area contributed by atoms with Gasteiger partial charge in [-0.25, -0.2) is 0 Å². The van der Waals surface area contributed by atoms with E-state index in [0.29, 0.717) is 6.54 Å². The van der Waals surface area contributed by atoms with Crippen LogP contribution in [0.5, 0.6) is 0 Å². The molecule has 13 heavy (non-hydrogen) atoms. The molecule has 0 aliphatic heterocycles. The van der Waals surface area contributed by atoms with Gasteiger partial charge in [0.2, 0.25) is 6.54 Å². The Kier molecular flexibility index (Phi) is 5.07. The average Bonchev–Trinajstić information content (AvgIpc) is 2.06. The van der Waals surface area contributed by atoms with Crippen molar-refractivity contribution < 1.29 is 21.8 Å². The number of likely N-dealkylation sites (N-methyl/N-ethyl adjacent to an activating group) is 1. The highest BCUT2D eigenvalue weighted by Gasteiger charge is 2.09. The topological polar surface area (TPSA) is 24.2 Å². The van der Waals surface area contributed by atoms with Crippen LogP contribution in [0.4, 0.5) is 0 Å². The molecule has 1 heterocycles. The predicted molar refractivity (Wildman–Crippen MR) is 45.3 cm³/mol. The maximum absolute atomic E-state index is 11.2. The monoisotopic (exact) mass is 200 g/mol. The van der Waals surface area contributed by atoms with Crippen molar-refractivity contribution >= 4 is 5.91 Å². The minimum atomic E-state index is 0. The fraction of sp³-hybridized carbons (Fsp3) is 0.333. The standard InChI is InChI=1S/C9H13N2O.ClH/c1-10(2)9(12)8-11-6-4-3-5-7-11;/h3-7H,8H2,1-2H3;1H/q+1;/p-1. The second-order valence-electron chi connectivity index (χ2n) is 2.84. The largest absolute Gasteiger partial charge is 1.00 e. The summed E-state index contributed by atoms with van der Waals surface area (Å²) < 4.78 is 1.85. The number of hydrogen-bond acceptors (Lipinski definition) is 1. The Labute approximate surface area is 84.4 Å². The normalized spacial score (nSPS) is 8.77. The zero-order valence-corrected chi connectivity index (χ0v) is 8.53. The summed E-state index contributed by atoms with van der Waals surface area (Å²) in [5, 5.41) is 0. The molecule has 0 unspecified atom stereocenters. The molecule has 1 aromatic rings. The van der Waals surface area contributed by atoms with Crippen LogP contribution in [0.3, 0.4) is 0 Å². The van der Waals surface area contributed by atoms with Crippen LogP contribution >= 0.6 is 0 Å². The molecule has 0 aliphatic carbocycles. The van der Waals surface area contributed by atoms with Crippen molar-refractivity contribution in [3.05, 3.63) is 30.6 Å². The minimum Gasteiger partial charge on any atom is -1.00 e. The molecule has 0 atom stereocenters. The third-order valence-electron chi connectivity index (χ3n) is 1.59. The van der Waals surface area contributed by atoms with Gasteiger partial charge >= 0.3 is 0 Å². The van der Waals surface area contributed by atoms with Gasteiger partial charge in [0.05, 0.1) is 0 Å². The van der Waals surface area contributed by atoms with E-state index in [-0.39, 0.29) is 18.3 Å². The summed E-state index contributed by atoms with van der Waals surface area (Å²) in [5.41, 5.74) is 0. The van der Waals surface area contributed by atoms with Crippen LogP contribution in [-0.2, 0) is 11.3 Å². The van der Waals surface area contributed by atoms with E-state index in [0.717, 1.165) is 0 Å². The molecule has 0 aliphatic rings. The Bertz CT molecular complexity index is 262. The lowest BCUT2D eigenvalue weighted by Gasteiger charge is -2.06. The third kappa shape index (κ3) is 3.90. The van der Waals surface area contributed by atoms with E-state index in [9.17, 15) is 4.79 Å². The van der Waals surface area contributed by atoms with Gasteiger partial charge in [0.15, 0.2) is 12.4 Å². The molecule has 3 nitrogen and oxygen atoms in total. The maximum Gasteiger partial charge on any atom is 0.288 e. The second-order valence-corrected chi connectivity index (χ2v) is 2.84. The molecule has 4 heteroatoms. The van der Waals surface area contributed by atoms with Crippen molar-refractivity contribution in [2.45, 2.75) is 6.54 Å². The first-order chi connectivity index (χ1) is 5.70. The van der Waals surface area contributed by atoms with Crippen LogP contribution < -0.4 is 17.0 Å². The first kappa shape index (κ1) is 11.9. The highest BCUT2D eigenvalue weighted by molar-refractivity contribution is 5.73. The van der Waals surface area contributed by atoms with Gasteiger partial charge in [-0.3, -0.25) is 4.79 Å². The molecule has 0 saturated carbocycles. The van der Waals surface area contributed by atoms with Crippen LogP contribution in [0.25, 0.3) is 0 Å². The number of amides is 1. The van der Waals surface area contributed by atoms with Gasteiger partial charge in [0.25, 0.3) is 5.91 Å². The first-order valence-corrected chi connectivity index (χ1v) is 3.84. The Morgan fingerprint density at radius 3 is 2.23 bits per heavy atom. The molecule has 0 radical (unpaired) electrons. The van der Waals surface area contributed by atoms with Crippen LogP contribution in [-0.4, -0.2) is 24.9 Å². The summed E-state index contributed by atoms with van der Waals surface area (Å²) in [7, 11) is 3.51. The molecule has 0 aromatic carbocycles. The fourth-order valence-electron chi connectivity index (χ4n) is 0.837. The van der Waals surface area contributed by atoms with E-state index in [2.05, 4.69) is 0 Å². The van der Waals surface area contributed by atoms with Crippen molar-refractivity contribution in [1.29, 1.82) is 0 Å². The lowest BCUT2D eigenvalue weighted by atomic mass is 10.4. The molecular formula is C9H13ClN2O. The number of hydrogen-bond donors (Lipinski definition) is 0. The maximum atomic E-state index is 11.2. The number of rotatable bonds is 2. The summed E-state index contributed by atoms with van der Waals surface area (Å²) in [6, 6.07) is 5.74. The molecule has 1 amide bonds. The van der Waals surface area contributed by atoms with E-state index < -0.39 is 0 Å². The molecule has 0 saturated heterocycles. The van der Waals surface area contributed by atoms with E-state index in [1.54, 1.807) is 19.0 Å². The molecular weight excluding hydrogens is 188 g/mol. The number of halogens is 1. The van der Waals surface area contributed by atoms with E-state index >= 15 is 0 Å². The SMILES string of the molecule is CN(C)C(=O)C[n+]1ccccc1.[Cl-]. The van der Waals surface area contributed by atoms with Gasteiger partial charge in [-0.2, -0.15) is 4.57 Å². The highest BCUT2D eigenvalue weighted by Crippen LogP contribution is 1.80. The average molecular weight is 201 g/mol. The van der Waals surface area contributed by atoms with Crippen molar-refractivity contribution in [2.75, 3.05) is 14.1 Å². The number of pyridine rings is 1. The van der Waals surface area contributed by atoms with Gasteiger partial charge < -0.3 is 17.3 Å². The molecule has 1 aromatic heterocycles. The van der Waals surface area contributed by atoms with E-state index in [4.69, 9.17) is 0 Å². The Morgan fingerprint density at radius 1 is 1.23 bits per heavy atom. The van der Waals surface area contributed by atoms with Gasteiger partial charge in [-0.05, 0) is 0 Å². The molecule has 0 spiro atoms. The van der Waals surface area contributed by atoms with Gasteiger partial charge in [-0.15, -0.1) is 0 Å². The summed E-state index contributed by atoms with van der Waals surface area (Å²) in [4.78, 5) is 12.8. The third-order valence-corrected chi connectivity index (χ3v) is 1.59. The van der Waals surface area contributed by atoms with Crippen molar-refractivity contribution in [2.24, 2.45) is 0 Å². The summed E-state index contributed by atoms with van der Waals surface area (Å²) in [6.07, 6.45) is 3.75. The smallest absolute Gasteiger partial charge is 0.288 e. The van der Waals surface area contributed by atoms with Gasteiger partial charge in [0, 0.05) is 26.2 Å². The number of carbonyl (C=O) groups excluding carboxylic acids is 1. The Balaban J connectivity index is 0.00000144. The van der Waals surface area contributed by atoms with Crippen molar-refractivity contribution in [1.82, 2.24) is 4.90 Å².